The Hall–Kier alpha value is -4.15. The van der Waals surface area contributed by atoms with Crippen LogP contribution in [0.4, 0.5) is 0 Å². The molecule has 0 saturated heterocycles. The predicted molar refractivity (Wildman–Crippen MR) is 142 cm³/mol. The highest BCUT2D eigenvalue weighted by molar-refractivity contribution is 7.90. The quantitative estimate of drug-likeness (QED) is 0.291. The molecule has 0 aliphatic rings. The zero-order chi connectivity index (χ0) is 27.1. The Bertz CT molecular complexity index is 1470. The van der Waals surface area contributed by atoms with Gasteiger partial charge in [-0.25, -0.2) is 13.4 Å². The monoisotopic (exact) mass is 536 g/mol. The Morgan fingerprint density at radius 1 is 0.895 bits per heavy atom. The summed E-state index contributed by atoms with van der Waals surface area (Å²) < 4.78 is 46.4. The van der Waals surface area contributed by atoms with Gasteiger partial charge in [0, 0.05) is 30.1 Å². The predicted octanol–water partition coefficient (Wildman–Crippen LogP) is 4.69. The molecule has 1 heterocycles. The van der Waals surface area contributed by atoms with E-state index in [1.54, 1.807) is 56.6 Å². The summed E-state index contributed by atoms with van der Waals surface area (Å²) in [5, 5.41) is 9.44. The third-order valence-electron chi connectivity index (χ3n) is 5.40. The molecule has 0 radical (unpaired) electrons. The van der Waals surface area contributed by atoms with Gasteiger partial charge in [-0.05, 0) is 61.0 Å². The van der Waals surface area contributed by atoms with E-state index < -0.39 is 15.9 Å². The summed E-state index contributed by atoms with van der Waals surface area (Å²) in [6.07, 6.45) is 2.29. The molecule has 3 aromatic carbocycles. The third kappa shape index (κ3) is 7.21. The van der Waals surface area contributed by atoms with E-state index in [2.05, 4.69) is 9.97 Å². The van der Waals surface area contributed by atoms with Gasteiger partial charge in [0.1, 0.15) is 35.7 Å². The number of sulfone groups is 1. The van der Waals surface area contributed by atoms with E-state index in [1.807, 2.05) is 24.3 Å². The molecule has 1 atom stereocenters. The van der Waals surface area contributed by atoms with Gasteiger partial charge < -0.3 is 24.1 Å². The number of benzene rings is 3. The van der Waals surface area contributed by atoms with Gasteiger partial charge in [0.15, 0.2) is 15.7 Å². The van der Waals surface area contributed by atoms with Gasteiger partial charge in [-0.15, -0.1) is 0 Å². The van der Waals surface area contributed by atoms with Crippen molar-refractivity contribution in [3.63, 3.8) is 0 Å². The van der Waals surface area contributed by atoms with Crippen molar-refractivity contribution in [2.24, 2.45) is 0 Å². The van der Waals surface area contributed by atoms with Crippen molar-refractivity contribution in [2.75, 3.05) is 20.0 Å². The minimum atomic E-state index is -3.32. The Morgan fingerprint density at radius 2 is 1.58 bits per heavy atom. The Labute approximate surface area is 221 Å². The van der Waals surface area contributed by atoms with Crippen LogP contribution in [0.1, 0.15) is 12.5 Å². The SMILES string of the molecule is COc1ccc(COc2ccnc(-c3cc(Oc4ccc(S(C)(=O)=O)cc4)cc(OC(C)CO)c3)n2)cc1. The summed E-state index contributed by atoms with van der Waals surface area (Å²) in [6.45, 7) is 1.88. The molecule has 10 heteroatoms. The Balaban J connectivity index is 1.58. The van der Waals surface area contributed by atoms with Crippen molar-refractivity contribution < 1.29 is 32.5 Å². The second-order valence-corrected chi connectivity index (χ2v) is 10.5. The number of aromatic nitrogens is 2. The highest BCUT2D eigenvalue weighted by Crippen LogP contribution is 2.32. The van der Waals surface area contributed by atoms with Gasteiger partial charge in [-0.3, -0.25) is 0 Å². The van der Waals surface area contributed by atoms with Crippen LogP contribution in [0.5, 0.6) is 28.9 Å². The minimum Gasteiger partial charge on any atom is -0.497 e. The van der Waals surface area contributed by atoms with Crippen LogP contribution in [-0.2, 0) is 16.4 Å². The standard InChI is InChI=1S/C28H28N2O7S/c1-19(17-31)36-24-14-21(15-25(16-24)37-23-8-10-26(11-9-23)38(3,32)33)28-29-13-12-27(30-28)35-18-20-4-6-22(34-2)7-5-20/h4-16,19,31H,17-18H2,1-3H3. The molecular weight excluding hydrogens is 508 g/mol. The van der Waals surface area contributed by atoms with Gasteiger partial charge in [-0.1, -0.05) is 12.1 Å². The molecule has 0 aliphatic heterocycles. The first-order valence-corrected chi connectivity index (χ1v) is 13.6. The van der Waals surface area contributed by atoms with E-state index in [0.717, 1.165) is 17.6 Å². The first-order chi connectivity index (χ1) is 18.2. The molecule has 1 aromatic heterocycles. The molecule has 0 amide bonds. The van der Waals surface area contributed by atoms with Crippen LogP contribution in [0, 0.1) is 0 Å². The van der Waals surface area contributed by atoms with Crippen molar-refractivity contribution in [1.29, 1.82) is 0 Å². The number of nitrogens with zero attached hydrogens (tertiary/aromatic N) is 2. The number of hydrogen-bond donors (Lipinski definition) is 1. The maximum absolute atomic E-state index is 11.8. The van der Waals surface area contributed by atoms with E-state index in [4.69, 9.17) is 18.9 Å². The number of aliphatic hydroxyl groups excluding tert-OH is 1. The summed E-state index contributed by atoms with van der Waals surface area (Å²) in [5.74, 6) is 2.84. The topological polar surface area (TPSA) is 117 Å². The fourth-order valence-corrected chi connectivity index (χ4v) is 4.06. The smallest absolute Gasteiger partial charge is 0.217 e. The van der Waals surface area contributed by atoms with E-state index in [1.165, 1.54) is 12.1 Å². The lowest BCUT2D eigenvalue weighted by Gasteiger charge is -2.15. The summed E-state index contributed by atoms with van der Waals surface area (Å²) >= 11 is 0. The van der Waals surface area contributed by atoms with E-state index in [9.17, 15) is 13.5 Å². The van der Waals surface area contributed by atoms with E-state index in [-0.39, 0.29) is 11.5 Å². The Morgan fingerprint density at radius 3 is 2.24 bits per heavy atom. The molecule has 0 fully saturated rings. The zero-order valence-corrected chi connectivity index (χ0v) is 22.0. The van der Waals surface area contributed by atoms with Crippen molar-refractivity contribution in [3.8, 4) is 40.3 Å². The molecule has 198 valence electrons. The van der Waals surface area contributed by atoms with E-state index >= 15 is 0 Å². The summed E-state index contributed by atoms with van der Waals surface area (Å²) in [5.41, 5.74) is 1.56. The molecule has 1 unspecified atom stereocenters. The molecule has 0 bridgehead atoms. The lowest BCUT2D eigenvalue weighted by Crippen LogP contribution is -2.16. The molecule has 4 aromatic rings. The zero-order valence-electron chi connectivity index (χ0n) is 21.2. The second-order valence-electron chi connectivity index (χ2n) is 8.51. The summed E-state index contributed by atoms with van der Waals surface area (Å²) in [7, 11) is -1.71. The fraction of sp³-hybridized carbons (Fsp3) is 0.214. The lowest BCUT2D eigenvalue weighted by molar-refractivity contribution is 0.129. The third-order valence-corrected chi connectivity index (χ3v) is 6.52. The van der Waals surface area contributed by atoms with Crippen LogP contribution in [0.15, 0.2) is 83.9 Å². The molecule has 38 heavy (non-hydrogen) atoms. The number of hydrogen-bond acceptors (Lipinski definition) is 9. The molecule has 0 saturated carbocycles. The van der Waals surface area contributed by atoms with E-state index in [0.29, 0.717) is 41.1 Å². The van der Waals surface area contributed by atoms with Crippen molar-refractivity contribution in [3.05, 3.63) is 84.6 Å². The second kappa shape index (κ2) is 11.9. The first kappa shape index (κ1) is 26.9. The number of rotatable bonds is 11. The summed E-state index contributed by atoms with van der Waals surface area (Å²) in [6, 6.07) is 20.5. The maximum Gasteiger partial charge on any atom is 0.217 e. The molecule has 9 nitrogen and oxygen atoms in total. The average molecular weight is 537 g/mol. The molecule has 0 spiro atoms. The van der Waals surface area contributed by atoms with Crippen molar-refractivity contribution in [1.82, 2.24) is 9.97 Å². The van der Waals surface area contributed by atoms with Crippen LogP contribution in [0.3, 0.4) is 0 Å². The van der Waals surface area contributed by atoms with Crippen LogP contribution >= 0.6 is 0 Å². The number of ether oxygens (including phenoxy) is 4. The molecule has 4 rings (SSSR count). The molecule has 0 aliphatic carbocycles. The van der Waals surface area contributed by atoms with Gasteiger partial charge in [0.2, 0.25) is 5.88 Å². The Kier molecular flexibility index (Phi) is 8.45. The van der Waals surface area contributed by atoms with Crippen LogP contribution in [-0.4, -0.2) is 49.6 Å². The van der Waals surface area contributed by atoms with Crippen molar-refractivity contribution in [2.45, 2.75) is 24.5 Å². The lowest BCUT2D eigenvalue weighted by atomic mass is 10.2. The van der Waals surface area contributed by atoms with Gasteiger partial charge in [0.05, 0.1) is 18.6 Å². The average Bonchev–Trinajstić information content (AvgIpc) is 2.92. The first-order valence-electron chi connectivity index (χ1n) is 11.7. The molecular formula is C28H28N2O7S. The van der Waals surface area contributed by atoms with Crippen LogP contribution < -0.4 is 18.9 Å². The van der Waals surface area contributed by atoms with Crippen LogP contribution in [0.25, 0.3) is 11.4 Å². The minimum absolute atomic E-state index is 0.168. The number of methoxy groups -OCH3 is 1. The van der Waals surface area contributed by atoms with Crippen LogP contribution in [0.2, 0.25) is 0 Å². The van der Waals surface area contributed by atoms with Gasteiger partial charge in [0.25, 0.3) is 0 Å². The highest BCUT2D eigenvalue weighted by atomic mass is 32.2. The number of aliphatic hydroxyl groups is 1. The van der Waals surface area contributed by atoms with Gasteiger partial charge >= 0.3 is 0 Å². The fourth-order valence-electron chi connectivity index (χ4n) is 3.43. The highest BCUT2D eigenvalue weighted by Gasteiger charge is 2.13. The normalized spacial score (nSPS) is 12.0. The molecule has 1 N–H and O–H groups in total. The maximum atomic E-state index is 11.8. The summed E-state index contributed by atoms with van der Waals surface area (Å²) in [4.78, 5) is 9.11. The van der Waals surface area contributed by atoms with Gasteiger partial charge in [-0.2, -0.15) is 4.98 Å². The van der Waals surface area contributed by atoms with Crippen molar-refractivity contribution >= 4 is 9.84 Å². The largest absolute Gasteiger partial charge is 0.497 e.